The Morgan fingerprint density at radius 3 is 2.61 bits per heavy atom. The molecule has 1 atom stereocenters. The molecule has 2 aromatic heterocycles. The minimum Gasteiger partial charge on any atom is -0.347 e. The fourth-order valence-electron chi connectivity index (χ4n) is 3.70. The van der Waals surface area contributed by atoms with Crippen LogP contribution in [0.4, 0.5) is 0 Å². The number of carbonyl (C=O) groups excluding carboxylic acids is 3. The van der Waals surface area contributed by atoms with Gasteiger partial charge in [-0.15, -0.1) is 0 Å². The first-order valence-electron chi connectivity index (χ1n) is 10.8. The first-order chi connectivity index (χ1) is 16.1. The summed E-state index contributed by atoms with van der Waals surface area (Å²) in [6, 6.07) is 15.8. The van der Waals surface area contributed by atoms with Crippen LogP contribution in [-0.4, -0.2) is 49.4 Å². The van der Waals surface area contributed by atoms with Crippen molar-refractivity contribution in [2.24, 2.45) is 0 Å². The summed E-state index contributed by atoms with van der Waals surface area (Å²) in [5.41, 5.74) is 1.87. The molecule has 1 aliphatic rings. The Hall–Kier alpha value is -4.27. The van der Waals surface area contributed by atoms with Gasteiger partial charge in [-0.1, -0.05) is 42.5 Å². The van der Waals surface area contributed by atoms with Gasteiger partial charge in [0, 0.05) is 17.8 Å². The van der Waals surface area contributed by atoms with E-state index in [1.165, 1.54) is 12.5 Å². The number of hydrogen-bond acceptors (Lipinski definition) is 5. The van der Waals surface area contributed by atoms with E-state index in [-0.39, 0.29) is 18.2 Å². The van der Waals surface area contributed by atoms with Crippen LogP contribution in [0.25, 0.3) is 16.7 Å². The number of nitrogens with one attached hydrogen (secondary N) is 3. The SMILES string of the molecule is O=C(NC1CC1)C(=O)C(Cc1ccccc1)NC(=O)c1cncn1-c1n[nH]c2ccccc12. The fraction of sp³-hybridized carbons (Fsp3) is 0.208. The lowest BCUT2D eigenvalue weighted by atomic mass is 10.0. The Labute approximate surface area is 189 Å². The van der Waals surface area contributed by atoms with Crippen molar-refractivity contribution < 1.29 is 14.4 Å². The predicted molar refractivity (Wildman–Crippen MR) is 121 cm³/mol. The first-order valence-corrected chi connectivity index (χ1v) is 10.8. The molecule has 0 saturated heterocycles. The minimum absolute atomic E-state index is 0.0453. The summed E-state index contributed by atoms with van der Waals surface area (Å²) in [4.78, 5) is 42.7. The molecule has 0 spiro atoms. The molecule has 0 aliphatic heterocycles. The average molecular weight is 442 g/mol. The van der Waals surface area contributed by atoms with Gasteiger partial charge < -0.3 is 10.6 Å². The molecular weight excluding hydrogens is 420 g/mol. The van der Waals surface area contributed by atoms with Gasteiger partial charge in [0.15, 0.2) is 5.82 Å². The van der Waals surface area contributed by atoms with Gasteiger partial charge in [-0.3, -0.25) is 24.0 Å². The van der Waals surface area contributed by atoms with Crippen LogP contribution < -0.4 is 10.6 Å². The van der Waals surface area contributed by atoms with E-state index in [2.05, 4.69) is 25.8 Å². The lowest BCUT2D eigenvalue weighted by Crippen LogP contribution is -2.49. The lowest BCUT2D eigenvalue weighted by molar-refractivity contribution is -0.139. The molecule has 2 aromatic carbocycles. The summed E-state index contributed by atoms with van der Waals surface area (Å²) in [6.07, 6.45) is 4.83. The molecule has 2 amide bonds. The van der Waals surface area contributed by atoms with Gasteiger partial charge in [-0.25, -0.2) is 4.98 Å². The summed E-state index contributed by atoms with van der Waals surface area (Å²) in [5.74, 6) is -1.35. The Morgan fingerprint density at radius 1 is 1.06 bits per heavy atom. The molecule has 4 aromatic rings. The number of Topliss-reactive ketones (excluding diaryl/α,β-unsaturated/α-hetero) is 1. The van der Waals surface area contributed by atoms with Crippen LogP contribution in [0.5, 0.6) is 0 Å². The van der Waals surface area contributed by atoms with Gasteiger partial charge in [0.2, 0.25) is 5.78 Å². The van der Waals surface area contributed by atoms with Crippen LogP contribution in [0.3, 0.4) is 0 Å². The molecule has 1 saturated carbocycles. The maximum absolute atomic E-state index is 13.2. The second kappa shape index (κ2) is 8.70. The maximum atomic E-state index is 13.2. The topological polar surface area (TPSA) is 122 Å². The Balaban J connectivity index is 1.41. The zero-order valence-corrected chi connectivity index (χ0v) is 17.7. The van der Waals surface area contributed by atoms with Crippen molar-refractivity contribution in [3.05, 3.63) is 78.4 Å². The molecule has 2 heterocycles. The van der Waals surface area contributed by atoms with Crippen molar-refractivity contribution in [3.63, 3.8) is 0 Å². The van der Waals surface area contributed by atoms with E-state index in [0.717, 1.165) is 29.3 Å². The highest BCUT2D eigenvalue weighted by atomic mass is 16.2. The van der Waals surface area contributed by atoms with Crippen molar-refractivity contribution in [3.8, 4) is 5.82 Å². The van der Waals surface area contributed by atoms with Crippen molar-refractivity contribution >= 4 is 28.5 Å². The molecular formula is C24H22N6O3. The zero-order chi connectivity index (χ0) is 22.8. The second-order valence-electron chi connectivity index (χ2n) is 8.07. The number of nitrogens with zero attached hydrogens (tertiary/aromatic N) is 3. The molecule has 1 fully saturated rings. The molecule has 5 rings (SSSR count). The van der Waals surface area contributed by atoms with Crippen molar-refractivity contribution in [2.75, 3.05) is 0 Å². The number of H-pyrrole nitrogens is 1. The zero-order valence-electron chi connectivity index (χ0n) is 17.7. The van der Waals surface area contributed by atoms with Crippen LogP contribution in [0, 0.1) is 0 Å². The Morgan fingerprint density at radius 2 is 1.82 bits per heavy atom. The highest BCUT2D eigenvalue weighted by Crippen LogP contribution is 2.21. The van der Waals surface area contributed by atoms with E-state index in [4.69, 9.17) is 0 Å². The van der Waals surface area contributed by atoms with Crippen LogP contribution in [0.1, 0.15) is 28.9 Å². The van der Waals surface area contributed by atoms with Gasteiger partial charge >= 0.3 is 0 Å². The van der Waals surface area contributed by atoms with Gasteiger partial charge in [0.05, 0.1) is 11.7 Å². The highest BCUT2D eigenvalue weighted by Gasteiger charge is 2.32. The average Bonchev–Trinajstić information content (AvgIpc) is 3.33. The highest BCUT2D eigenvalue weighted by molar-refractivity contribution is 6.38. The van der Waals surface area contributed by atoms with Gasteiger partial charge in [-0.05, 0) is 30.5 Å². The molecule has 166 valence electrons. The number of fused-ring (bicyclic) bond motifs is 1. The third kappa shape index (κ3) is 4.38. The van der Waals surface area contributed by atoms with E-state index in [0.29, 0.717) is 5.82 Å². The van der Waals surface area contributed by atoms with Crippen molar-refractivity contribution in [2.45, 2.75) is 31.3 Å². The van der Waals surface area contributed by atoms with Crippen LogP contribution >= 0.6 is 0 Å². The Bertz CT molecular complexity index is 1320. The van der Waals surface area contributed by atoms with Gasteiger partial charge in [-0.2, -0.15) is 5.10 Å². The lowest BCUT2D eigenvalue weighted by Gasteiger charge is -2.18. The molecule has 9 nitrogen and oxygen atoms in total. The van der Waals surface area contributed by atoms with Crippen LogP contribution in [0.15, 0.2) is 67.1 Å². The first kappa shape index (κ1) is 20.6. The molecule has 3 N–H and O–H groups in total. The smallest absolute Gasteiger partial charge is 0.289 e. The summed E-state index contributed by atoms with van der Waals surface area (Å²) in [7, 11) is 0. The van der Waals surface area contributed by atoms with E-state index < -0.39 is 23.6 Å². The number of carbonyl (C=O) groups is 3. The van der Waals surface area contributed by atoms with E-state index in [9.17, 15) is 14.4 Å². The number of aromatic amines is 1. The van der Waals surface area contributed by atoms with E-state index in [1.54, 1.807) is 4.57 Å². The number of imidazole rings is 1. The summed E-state index contributed by atoms with van der Waals surface area (Å²) in [6.45, 7) is 0. The number of rotatable bonds is 8. The quantitative estimate of drug-likeness (QED) is 0.360. The third-order valence-electron chi connectivity index (χ3n) is 5.59. The normalized spacial score (nSPS) is 14.1. The molecule has 0 radical (unpaired) electrons. The van der Waals surface area contributed by atoms with E-state index in [1.807, 2.05) is 54.6 Å². The monoisotopic (exact) mass is 442 g/mol. The minimum atomic E-state index is -1.02. The van der Waals surface area contributed by atoms with Crippen molar-refractivity contribution in [1.29, 1.82) is 0 Å². The van der Waals surface area contributed by atoms with E-state index >= 15 is 0 Å². The van der Waals surface area contributed by atoms with Crippen LogP contribution in [0.2, 0.25) is 0 Å². The van der Waals surface area contributed by atoms with Gasteiger partial charge in [0.1, 0.15) is 18.1 Å². The number of ketones is 1. The van der Waals surface area contributed by atoms with Gasteiger partial charge in [0.25, 0.3) is 11.8 Å². The number of amides is 2. The Kier molecular flexibility index (Phi) is 5.43. The largest absolute Gasteiger partial charge is 0.347 e. The van der Waals surface area contributed by atoms with Crippen molar-refractivity contribution in [1.82, 2.24) is 30.4 Å². The molecule has 0 bridgehead atoms. The molecule has 9 heteroatoms. The second-order valence-corrected chi connectivity index (χ2v) is 8.07. The number of hydrogen-bond donors (Lipinski definition) is 3. The molecule has 33 heavy (non-hydrogen) atoms. The third-order valence-corrected chi connectivity index (χ3v) is 5.59. The maximum Gasteiger partial charge on any atom is 0.289 e. The summed E-state index contributed by atoms with van der Waals surface area (Å²) < 4.78 is 1.56. The standard InChI is InChI=1S/C24H22N6O3/c31-21(24(33)26-16-10-11-16)19(12-15-6-2-1-3-7-15)27-23(32)20-13-25-14-30(20)22-17-8-4-5-9-18(17)28-29-22/h1-9,13-14,16,19H,10-12H2,(H,26,33)(H,27,32)(H,28,29). The van der Waals surface area contributed by atoms with Crippen LogP contribution in [-0.2, 0) is 16.0 Å². The summed E-state index contributed by atoms with van der Waals surface area (Å²) >= 11 is 0. The molecule has 1 aliphatic carbocycles. The number of aromatic nitrogens is 4. The predicted octanol–water partition coefficient (Wildman–Crippen LogP) is 1.94. The summed E-state index contributed by atoms with van der Waals surface area (Å²) in [5, 5.41) is 13.5. The fourth-order valence-corrected chi connectivity index (χ4v) is 3.70. The number of para-hydroxylation sites is 1. The number of benzene rings is 2. The molecule has 1 unspecified atom stereocenters.